The molecule has 0 saturated heterocycles. The molecule has 1 heterocycles. The molecule has 0 amide bonds. The molecule has 2 N–H and O–H groups in total. The molecule has 2 rings (SSSR count). The zero-order chi connectivity index (χ0) is 19.2. The summed E-state index contributed by atoms with van der Waals surface area (Å²) in [5.41, 5.74) is 2.31. The maximum atomic E-state index is 5.81. The van der Waals surface area contributed by atoms with Crippen molar-refractivity contribution in [3.8, 4) is 0 Å². The number of benzene rings is 1. The van der Waals surface area contributed by atoms with Crippen LogP contribution in [-0.4, -0.2) is 31.6 Å². The van der Waals surface area contributed by atoms with E-state index >= 15 is 0 Å². The van der Waals surface area contributed by atoms with Crippen LogP contribution in [-0.2, 0) is 18.5 Å². The van der Waals surface area contributed by atoms with Crippen LogP contribution in [0.3, 0.4) is 0 Å². The number of aliphatic imine (C=N–C) groups is 1. The molecule has 142 valence electrons. The van der Waals surface area contributed by atoms with Crippen LogP contribution in [0.5, 0.6) is 0 Å². The molecule has 0 aliphatic rings. The molecule has 0 aliphatic heterocycles. The first kappa shape index (κ1) is 19.8. The number of nitrogens with one attached hydrogen (secondary N) is 2. The van der Waals surface area contributed by atoms with Gasteiger partial charge in [0.1, 0.15) is 5.76 Å². The number of hydrogen-bond donors (Lipinski definition) is 2. The summed E-state index contributed by atoms with van der Waals surface area (Å²) in [5, 5.41) is 6.53. The molecule has 0 fully saturated rings. The molecule has 1 aromatic heterocycles. The molecule has 0 spiro atoms. The van der Waals surface area contributed by atoms with Gasteiger partial charge in [0.05, 0.1) is 19.3 Å². The second kappa shape index (κ2) is 8.74. The molecule has 0 unspecified atom stereocenters. The summed E-state index contributed by atoms with van der Waals surface area (Å²) < 4.78 is 5.81. The van der Waals surface area contributed by atoms with Gasteiger partial charge in [-0.2, -0.15) is 0 Å². The summed E-state index contributed by atoms with van der Waals surface area (Å²) in [4.78, 5) is 11.1. The van der Waals surface area contributed by atoms with Crippen molar-refractivity contribution in [2.75, 3.05) is 25.5 Å². The van der Waals surface area contributed by atoms with Crippen molar-refractivity contribution in [3.63, 3.8) is 0 Å². The van der Waals surface area contributed by atoms with Gasteiger partial charge in [0.15, 0.2) is 5.96 Å². The van der Waals surface area contributed by atoms with E-state index in [0.717, 1.165) is 18.3 Å². The Hall–Kier alpha value is -2.50. The standard InChI is InChI=1S/C20H31N5O/c1-7-21-19(23-12-15-8-10-16(11-9-15)25(5)6)24-14-18-22-13-17(26-18)20(2,3)4/h8-11,13H,7,12,14H2,1-6H3,(H2,21,23,24). The molecule has 1 aromatic carbocycles. The number of aromatic nitrogens is 1. The SMILES string of the molecule is CCNC(=NCc1ccc(N(C)C)cc1)NCc1ncc(C(C)(C)C)o1. The molecular formula is C20H31N5O. The van der Waals surface area contributed by atoms with Crippen LogP contribution >= 0.6 is 0 Å². The Morgan fingerprint density at radius 3 is 2.38 bits per heavy atom. The van der Waals surface area contributed by atoms with E-state index in [4.69, 9.17) is 4.42 Å². The van der Waals surface area contributed by atoms with E-state index in [1.165, 1.54) is 11.3 Å². The summed E-state index contributed by atoms with van der Waals surface area (Å²) in [5.74, 6) is 2.30. The summed E-state index contributed by atoms with van der Waals surface area (Å²) in [7, 11) is 4.07. The summed E-state index contributed by atoms with van der Waals surface area (Å²) in [6, 6.07) is 8.41. The largest absolute Gasteiger partial charge is 0.443 e. The number of rotatable bonds is 6. The summed E-state index contributed by atoms with van der Waals surface area (Å²) >= 11 is 0. The molecule has 0 saturated carbocycles. The normalized spacial score (nSPS) is 12.2. The third kappa shape index (κ3) is 5.79. The van der Waals surface area contributed by atoms with Gasteiger partial charge in [0, 0.05) is 31.7 Å². The van der Waals surface area contributed by atoms with Crippen LogP contribution in [0.25, 0.3) is 0 Å². The minimum absolute atomic E-state index is 0.0391. The highest BCUT2D eigenvalue weighted by molar-refractivity contribution is 5.79. The Morgan fingerprint density at radius 1 is 1.15 bits per heavy atom. The van der Waals surface area contributed by atoms with Crippen molar-refractivity contribution in [1.82, 2.24) is 15.6 Å². The molecule has 0 aliphatic carbocycles. The Morgan fingerprint density at radius 2 is 1.85 bits per heavy atom. The molecular weight excluding hydrogens is 326 g/mol. The lowest BCUT2D eigenvalue weighted by atomic mass is 9.94. The van der Waals surface area contributed by atoms with Gasteiger partial charge in [0.2, 0.25) is 5.89 Å². The van der Waals surface area contributed by atoms with Gasteiger partial charge in [0.25, 0.3) is 0 Å². The van der Waals surface area contributed by atoms with E-state index in [0.29, 0.717) is 19.0 Å². The highest BCUT2D eigenvalue weighted by Crippen LogP contribution is 2.22. The highest BCUT2D eigenvalue weighted by atomic mass is 16.4. The van der Waals surface area contributed by atoms with Crippen molar-refractivity contribution in [3.05, 3.63) is 47.7 Å². The fourth-order valence-electron chi connectivity index (χ4n) is 2.31. The molecule has 0 bridgehead atoms. The molecule has 26 heavy (non-hydrogen) atoms. The molecule has 6 heteroatoms. The maximum Gasteiger partial charge on any atom is 0.213 e. The third-order valence-corrected chi connectivity index (χ3v) is 3.92. The minimum Gasteiger partial charge on any atom is -0.443 e. The van der Waals surface area contributed by atoms with Gasteiger partial charge in [-0.15, -0.1) is 0 Å². The van der Waals surface area contributed by atoms with Gasteiger partial charge in [-0.1, -0.05) is 32.9 Å². The second-order valence-electron chi connectivity index (χ2n) is 7.48. The molecule has 6 nitrogen and oxygen atoms in total. The van der Waals surface area contributed by atoms with E-state index in [2.05, 4.69) is 70.5 Å². The highest BCUT2D eigenvalue weighted by Gasteiger charge is 2.19. The Bertz CT molecular complexity index is 711. The number of anilines is 1. The minimum atomic E-state index is -0.0391. The first-order valence-electron chi connectivity index (χ1n) is 9.03. The van der Waals surface area contributed by atoms with Gasteiger partial charge in [-0.05, 0) is 24.6 Å². The van der Waals surface area contributed by atoms with Crippen molar-refractivity contribution >= 4 is 11.6 Å². The third-order valence-electron chi connectivity index (χ3n) is 3.92. The Kier molecular flexibility index (Phi) is 6.66. The van der Waals surface area contributed by atoms with Gasteiger partial charge in [-0.25, -0.2) is 9.98 Å². The predicted octanol–water partition coefficient (Wildman–Crippen LogP) is 3.29. The van der Waals surface area contributed by atoms with Crippen molar-refractivity contribution in [1.29, 1.82) is 0 Å². The quantitative estimate of drug-likeness (QED) is 0.613. The number of nitrogens with zero attached hydrogens (tertiary/aromatic N) is 3. The first-order valence-corrected chi connectivity index (χ1v) is 9.03. The first-order chi connectivity index (χ1) is 12.3. The Balaban J connectivity index is 1.97. The lowest BCUT2D eigenvalue weighted by Crippen LogP contribution is -2.36. The van der Waals surface area contributed by atoms with E-state index in [-0.39, 0.29) is 5.41 Å². The van der Waals surface area contributed by atoms with E-state index in [9.17, 15) is 0 Å². The fraction of sp³-hybridized carbons (Fsp3) is 0.500. The van der Waals surface area contributed by atoms with Crippen LogP contribution in [0.4, 0.5) is 5.69 Å². The lowest BCUT2D eigenvalue weighted by molar-refractivity contribution is 0.379. The number of guanidine groups is 1. The van der Waals surface area contributed by atoms with E-state index < -0.39 is 0 Å². The number of hydrogen-bond acceptors (Lipinski definition) is 4. The molecule has 0 radical (unpaired) electrons. The summed E-state index contributed by atoms with van der Waals surface area (Å²) in [6.45, 7) is 10.3. The topological polar surface area (TPSA) is 65.7 Å². The molecule has 2 aromatic rings. The zero-order valence-electron chi connectivity index (χ0n) is 16.8. The number of oxazole rings is 1. The van der Waals surface area contributed by atoms with Crippen molar-refractivity contribution in [2.24, 2.45) is 4.99 Å². The van der Waals surface area contributed by atoms with Crippen LogP contribution < -0.4 is 15.5 Å². The van der Waals surface area contributed by atoms with Crippen LogP contribution in [0.1, 0.15) is 44.9 Å². The van der Waals surface area contributed by atoms with Crippen LogP contribution in [0, 0.1) is 0 Å². The van der Waals surface area contributed by atoms with Gasteiger partial charge in [-0.3, -0.25) is 0 Å². The monoisotopic (exact) mass is 357 g/mol. The van der Waals surface area contributed by atoms with Crippen LogP contribution in [0.15, 0.2) is 39.9 Å². The Labute approximate surface area is 156 Å². The maximum absolute atomic E-state index is 5.81. The van der Waals surface area contributed by atoms with Crippen molar-refractivity contribution < 1.29 is 4.42 Å². The average Bonchev–Trinajstić information content (AvgIpc) is 3.07. The van der Waals surface area contributed by atoms with Gasteiger partial charge >= 0.3 is 0 Å². The predicted molar refractivity (Wildman–Crippen MR) is 108 cm³/mol. The van der Waals surface area contributed by atoms with E-state index in [1.807, 2.05) is 21.0 Å². The van der Waals surface area contributed by atoms with Gasteiger partial charge < -0.3 is 20.0 Å². The lowest BCUT2D eigenvalue weighted by Gasteiger charge is -2.14. The smallest absolute Gasteiger partial charge is 0.213 e. The van der Waals surface area contributed by atoms with Crippen molar-refractivity contribution in [2.45, 2.75) is 46.2 Å². The fourth-order valence-corrected chi connectivity index (χ4v) is 2.31. The second-order valence-corrected chi connectivity index (χ2v) is 7.48. The van der Waals surface area contributed by atoms with E-state index in [1.54, 1.807) is 6.20 Å². The van der Waals surface area contributed by atoms with Crippen LogP contribution in [0.2, 0.25) is 0 Å². The molecule has 0 atom stereocenters. The zero-order valence-corrected chi connectivity index (χ0v) is 16.8. The average molecular weight is 358 g/mol. The summed E-state index contributed by atoms with van der Waals surface area (Å²) in [6.07, 6.45) is 1.80.